The molecule has 1 atom stereocenters. The molecule has 2 aliphatic rings. The average molecular weight is 450 g/mol. The molecule has 10 nitrogen and oxygen atoms in total. The molecule has 5 rings (SSSR count). The van der Waals surface area contributed by atoms with Gasteiger partial charge in [0.15, 0.2) is 0 Å². The highest BCUT2D eigenvalue weighted by Crippen LogP contribution is 2.28. The van der Waals surface area contributed by atoms with Crippen molar-refractivity contribution in [3.8, 4) is 11.3 Å². The summed E-state index contributed by atoms with van der Waals surface area (Å²) in [4.78, 5) is 35.8. The number of hydrogen-bond acceptors (Lipinski definition) is 7. The third-order valence-electron chi connectivity index (χ3n) is 5.63. The molecule has 3 aromatic rings. The SMILES string of the molecule is Cc1cc(-c2cnc(NCC3CCCO3)nc2)nc2cc(N3CCNC3=O)ccc12.O=CO. The van der Waals surface area contributed by atoms with Crippen LogP contribution in [0.25, 0.3) is 22.2 Å². The number of amides is 2. The summed E-state index contributed by atoms with van der Waals surface area (Å²) in [5.74, 6) is 0.592. The lowest BCUT2D eigenvalue weighted by molar-refractivity contribution is -0.122. The van der Waals surface area contributed by atoms with Crippen LogP contribution < -0.4 is 15.5 Å². The molecule has 2 aliphatic heterocycles. The molecule has 2 amide bonds. The fourth-order valence-corrected chi connectivity index (χ4v) is 3.99. The van der Waals surface area contributed by atoms with Crippen LogP contribution in [0.1, 0.15) is 18.4 Å². The summed E-state index contributed by atoms with van der Waals surface area (Å²) < 4.78 is 5.62. The second-order valence-corrected chi connectivity index (χ2v) is 7.83. The molecule has 2 saturated heterocycles. The summed E-state index contributed by atoms with van der Waals surface area (Å²) in [5, 5.41) is 14.0. The minimum absolute atomic E-state index is 0.0679. The third kappa shape index (κ3) is 5.17. The Kier molecular flexibility index (Phi) is 6.94. The van der Waals surface area contributed by atoms with Gasteiger partial charge in [-0.15, -0.1) is 0 Å². The van der Waals surface area contributed by atoms with Crippen molar-refractivity contribution in [3.63, 3.8) is 0 Å². The van der Waals surface area contributed by atoms with Crippen molar-refractivity contribution in [2.45, 2.75) is 25.9 Å². The van der Waals surface area contributed by atoms with Gasteiger partial charge in [-0.3, -0.25) is 9.69 Å². The Balaban J connectivity index is 0.000000821. The first-order chi connectivity index (χ1) is 16.1. The molecule has 0 radical (unpaired) electrons. The highest BCUT2D eigenvalue weighted by molar-refractivity contribution is 5.97. The van der Waals surface area contributed by atoms with Crippen molar-refractivity contribution >= 4 is 35.0 Å². The largest absolute Gasteiger partial charge is 0.483 e. The Hall–Kier alpha value is -3.79. The number of fused-ring (bicyclic) bond motifs is 1. The summed E-state index contributed by atoms with van der Waals surface area (Å²) in [6.07, 6.45) is 6.01. The maximum atomic E-state index is 12.0. The number of ether oxygens (including phenoxy) is 1. The Morgan fingerprint density at radius 1 is 1.30 bits per heavy atom. The minimum atomic E-state index is -0.250. The molecule has 0 saturated carbocycles. The number of carboxylic acid groups (broad SMARTS) is 1. The van der Waals surface area contributed by atoms with Crippen LogP contribution in [-0.4, -0.2) is 64.9 Å². The number of rotatable bonds is 5. The van der Waals surface area contributed by atoms with E-state index in [0.29, 0.717) is 19.0 Å². The lowest BCUT2D eigenvalue weighted by atomic mass is 10.1. The van der Waals surface area contributed by atoms with Gasteiger partial charge >= 0.3 is 6.03 Å². The molecule has 172 valence electrons. The lowest BCUT2D eigenvalue weighted by Crippen LogP contribution is -2.27. The van der Waals surface area contributed by atoms with E-state index in [2.05, 4.69) is 27.5 Å². The van der Waals surface area contributed by atoms with Crippen LogP contribution in [0.4, 0.5) is 16.4 Å². The highest BCUT2D eigenvalue weighted by Gasteiger charge is 2.21. The van der Waals surface area contributed by atoms with Crippen molar-refractivity contribution in [3.05, 3.63) is 42.2 Å². The third-order valence-corrected chi connectivity index (χ3v) is 5.63. The van der Waals surface area contributed by atoms with Crippen LogP contribution in [0.5, 0.6) is 0 Å². The predicted molar refractivity (Wildman–Crippen MR) is 124 cm³/mol. The smallest absolute Gasteiger partial charge is 0.321 e. The van der Waals surface area contributed by atoms with Crippen molar-refractivity contribution in [1.29, 1.82) is 0 Å². The normalized spacial score (nSPS) is 17.4. The highest BCUT2D eigenvalue weighted by atomic mass is 16.5. The van der Waals surface area contributed by atoms with Crippen molar-refractivity contribution in [2.24, 2.45) is 0 Å². The van der Waals surface area contributed by atoms with Gasteiger partial charge < -0.3 is 20.5 Å². The molecule has 33 heavy (non-hydrogen) atoms. The first-order valence-corrected chi connectivity index (χ1v) is 10.8. The van der Waals surface area contributed by atoms with E-state index in [9.17, 15) is 4.79 Å². The fraction of sp³-hybridized carbons (Fsp3) is 0.348. The number of benzene rings is 1. The number of hydrogen-bond donors (Lipinski definition) is 3. The zero-order valence-corrected chi connectivity index (χ0v) is 18.3. The van der Waals surface area contributed by atoms with Gasteiger partial charge in [-0.05, 0) is 43.5 Å². The number of pyridine rings is 1. The zero-order valence-electron chi connectivity index (χ0n) is 18.3. The van der Waals surface area contributed by atoms with Crippen LogP contribution in [0.15, 0.2) is 36.7 Å². The van der Waals surface area contributed by atoms with E-state index in [0.717, 1.165) is 59.4 Å². The topological polar surface area (TPSA) is 130 Å². The fourth-order valence-electron chi connectivity index (χ4n) is 3.99. The first-order valence-electron chi connectivity index (χ1n) is 10.8. The van der Waals surface area contributed by atoms with Crippen molar-refractivity contribution in [1.82, 2.24) is 20.3 Å². The van der Waals surface area contributed by atoms with Crippen LogP contribution in [-0.2, 0) is 9.53 Å². The molecule has 3 N–H and O–H groups in total. The summed E-state index contributed by atoms with van der Waals surface area (Å²) >= 11 is 0. The van der Waals surface area contributed by atoms with E-state index in [1.165, 1.54) is 0 Å². The Morgan fingerprint density at radius 2 is 2.09 bits per heavy atom. The predicted octanol–water partition coefficient (Wildman–Crippen LogP) is 2.82. The van der Waals surface area contributed by atoms with Gasteiger partial charge in [-0.1, -0.05) is 6.07 Å². The number of urea groups is 1. The van der Waals surface area contributed by atoms with Gasteiger partial charge in [0, 0.05) is 55.3 Å². The molecule has 1 aromatic carbocycles. The number of carbonyl (C=O) groups excluding carboxylic acids is 1. The van der Waals surface area contributed by atoms with E-state index in [4.69, 9.17) is 19.6 Å². The number of carbonyl (C=O) groups is 2. The Bertz CT molecular complexity index is 1130. The number of aryl methyl sites for hydroxylation is 1. The standard InChI is InChI=1S/C22H24N6O2.CH2O2/c1-14-9-19(15-11-24-21(25-12-15)26-13-17-3-2-8-30-17)27-20-10-16(4-5-18(14)20)28-7-6-23-22(28)29;2-1-3/h4-5,9-12,17H,2-3,6-8,13H2,1H3,(H,23,29)(H,24,25,26);1H,(H,2,3). The van der Waals surface area contributed by atoms with E-state index in [-0.39, 0.29) is 18.6 Å². The van der Waals surface area contributed by atoms with Gasteiger partial charge in [0.25, 0.3) is 6.47 Å². The van der Waals surface area contributed by atoms with Crippen LogP contribution in [0.3, 0.4) is 0 Å². The number of anilines is 2. The van der Waals surface area contributed by atoms with Gasteiger partial charge in [-0.25, -0.2) is 19.7 Å². The van der Waals surface area contributed by atoms with Crippen molar-refractivity contribution < 1.29 is 19.4 Å². The zero-order chi connectivity index (χ0) is 23.2. The second kappa shape index (κ2) is 10.2. The monoisotopic (exact) mass is 450 g/mol. The van der Waals surface area contributed by atoms with Crippen LogP contribution >= 0.6 is 0 Å². The van der Waals surface area contributed by atoms with Gasteiger partial charge in [0.05, 0.1) is 17.3 Å². The maximum Gasteiger partial charge on any atom is 0.321 e. The van der Waals surface area contributed by atoms with E-state index >= 15 is 0 Å². The molecule has 2 fully saturated rings. The summed E-state index contributed by atoms with van der Waals surface area (Å²) in [5.41, 5.74) is 4.49. The molecule has 4 heterocycles. The van der Waals surface area contributed by atoms with Crippen LogP contribution in [0.2, 0.25) is 0 Å². The summed E-state index contributed by atoms with van der Waals surface area (Å²) in [6, 6.07) is 7.94. The summed E-state index contributed by atoms with van der Waals surface area (Å²) in [7, 11) is 0. The van der Waals surface area contributed by atoms with E-state index in [1.54, 1.807) is 17.3 Å². The maximum absolute atomic E-state index is 12.0. The minimum Gasteiger partial charge on any atom is -0.483 e. The van der Waals surface area contributed by atoms with E-state index < -0.39 is 0 Å². The number of aromatic nitrogens is 3. The molecule has 0 spiro atoms. The van der Waals surface area contributed by atoms with Crippen molar-refractivity contribution in [2.75, 3.05) is 36.5 Å². The van der Waals surface area contributed by atoms with Gasteiger partial charge in [0.1, 0.15) is 0 Å². The molecule has 10 heteroatoms. The first kappa shape index (κ1) is 22.4. The molecular formula is C23H26N6O4. The molecule has 2 aromatic heterocycles. The molecule has 1 unspecified atom stereocenters. The number of nitrogens with zero attached hydrogens (tertiary/aromatic N) is 4. The Labute approximate surface area is 191 Å². The number of nitrogens with one attached hydrogen (secondary N) is 2. The average Bonchev–Trinajstić information content (AvgIpc) is 3.50. The van der Waals surface area contributed by atoms with Crippen LogP contribution in [0, 0.1) is 6.92 Å². The van der Waals surface area contributed by atoms with Gasteiger partial charge in [-0.2, -0.15) is 0 Å². The molecular weight excluding hydrogens is 424 g/mol. The van der Waals surface area contributed by atoms with E-state index in [1.807, 2.05) is 24.3 Å². The van der Waals surface area contributed by atoms with Gasteiger partial charge in [0.2, 0.25) is 5.95 Å². The molecule has 0 aliphatic carbocycles. The lowest BCUT2D eigenvalue weighted by Gasteiger charge is -2.15. The Morgan fingerprint density at radius 3 is 2.76 bits per heavy atom. The second-order valence-electron chi connectivity index (χ2n) is 7.83. The quantitative estimate of drug-likeness (QED) is 0.506. The summed E-state index contributed by atoms with van der Waals surface area (Å²) in [6.45, 7) is 4.70. The molecule has 0 bridgehead atoms.